The Labute approximate surface area is 139 Å². The van der Waals surface area contributed by atoms with Crippen LogP contribution in [0.25, 0.3) is 0 Å². The molecule has 1 N–H and O–H groups in total. The van der Waals surface area contributed by atoms with E-state index < -0.39 is 10.0 Å². The van der Waals surface area contributed by atoms with Crippen molar-refractivity contribution in [3.05, 3.63) is 40.0 Å². The molecule has 0 saturated heterocycles. The summed E-state index contributed by atoms with van der Waals surface area (Å²) in [7, 11) is -3.54. The molecule has 1 aromatic rings. The molecule has 0 spiro atoms. The summed E-state index contributed by atoms with van der Waals surface area (Å²) in [5, 5.41) is 3.27. The first kappa shape index (κ1) is 18.6. The fourth-order valence-corrected chi connectivity index (χ4v) is 5.73. The van der Waals surface area contributed by atoms with Crippen molar-refractivity contribution in [3.8, 4) is 0 Å². The maximum Gasteiger partial charge on any atom is 0.245 e. The molecule has 0 aromatic carbocycles. The largest absolute Gasteiger partial charge is 0.312 e. The highest BCUT2D eigenvalue weighted by Gasteiger charge is 2.26. The van der Waals surface area contributed by atoms with E-state index in [0.717, 1.165) is 17.8 Å². The normalized spacial score (nSPS) is 11.8. The highest BCUT2D eigenvalue weighted by atomic mass is 79.9. The van der Waals surface area contributed by atoms with Crippen LogP contribution < -0.4 is 5.32 Å². The minimum atomic E-state index is -3.54. The van der Waals surface area contributed by atoms with Gasteiger partial charge in [-0.05, 0) is 35.0 Å². The van der Waals surface area contributed by atoms with E-state index in [0.29, 0.717) is 15.2 Å². The maximum absolute atomic E-state index is 12.7. The van der Waals surface area contributed by atoms with Gasteiger partial charge >= 0.3 is 0 Å². The summed E-state index contributed by atoms with van der Waals surface area (Å²) in [5.74, 6) is 0. The molecule has 0 atom stereocenters. The van der Waals surface area contributed by atoms with Gasteiger partial charge in [-0.2, -0.15) is 4.31 Å². The monoisotopic (exact) mass is 392 g/mol. The lowest BCUT2D eigenvalue weighted by molar-refractivity contribution is 0.474. The zero-order valence-corrected chi connectivity index (χ0v) is 15.4. The van der Waals surface area contributed by atoms with Crippen molar-refractivity contribution in [3.63, 3.8) is 0 Å². The summed E-state index contributed by atoms with van der Waals surface area (Å²) in [6, 6.07) is 1.73. The first-order chi connectivity index (χ1) is 9.97. The number of halogens is 1. The Balaban J connectivity index is 3.01. The zero-order valence-electron chi connectivity index (χ0n) is 12.1. The molecular weight excluding hydrogens is 372 g/mol. The number of sulfonamides is 1. The second-order valence-corrected chi connectivity index (χ2v) is 8.79. The predicted molar refractivity (Wildman–Crippen MR) is 93.2 cm³/mol. The van der Waals surface area contributed by atoms with E-state index in [1.165, 1.54) is 15.6 Å². The number of hydrogen-bond donors (Lipinski definition) is 1. The van der Waals surface area contributed by atoms with Crippen LogP contribution in [0.4, 0.5) is 0 Å². The summed E-state index contributed by atoms with van der Waals surface area (Å²) in [6.45, 7) is 11.4. The van der Waals surface area contributed by atoms with E-state index in [9.17, 15) is 8.42 Å². The van der Waals surface area contributed by atoms with Crippen LogP contribution in [0.1, 0.15) is 18.2 Å². The summed E-state index contributed by atoms with van der Waals surface area (Å²) in [5.41, 5.74) is 0. The zero-order chi connectivity index (χ0) is 15.9. The molecule has 0 aliphatic heterocycles. The van der Waals surface area contributed by atoms with Gasteiger partial charge in [0.2, 0.25) is 10.0 Å². The fraction of sp³-hybridized carbons (Fsp3) is 0.429. The lowest BCUT2D eigenvalue weighted by Gasteiger charge is -2.18. The third-order valence-corrected chi connectivity index (χ3v) is 6.80. The third kappa shape index (κ3) is 5.03. The van der Waals surface area contributed by atoms with E-state index in [1.807, 2.05) is 0 Å². The van der Waals surface area contributed by atoms with E-state index in [1.54, 1.807) is 18.2 Å². The van der Waals surface area contributed by atoms with E-state index in [-0.39, 0.29) is 13.1 Å². The molecule has 1 heterocycles. The fourth-order valence-electron chi connectivity index (χ4n) is 1.75. The Morgan fingerprint density at radius 2 is 2.00 bits per heavy atom. The van der Waals surface area contributed by atoms with Crippen LogP contribution in [0.3, 0.4) is 0 Å². The Morgan fingerprint density at radius 3 is 2.52 bits per heavy atom. The molecule has 4 nitrogen and oxygen atoms in total. The molecule has 0 aliphatic carbocycles. The predicted octanol–water partition coefficient (Wildman–Crippen LogP) is 3.37. The Morgan fingerprint density at radius 1 is 1.38 bits per heavy atom. The van der Waals surface area contributed by atoms with Crippen molar-refractivity contribution in [2.24, 2.45) is 0 Å². The lowest BCUT2D eigenvalue weighted by atomic mass is 10.4. The van der Waals surface area contributed by atoms with Crippen molar-refractivity contribution in [1.82, 2.24) is 9.62 Å². The van der Waals surface area contributed by atoms with Gasteiger partial charge in [-0.15, -0.1) is 24.5 Å². The van der Waals surface area contributed by atoms with E-state index >= 15 is 0 Å². The van der Waals surface area contributed by atoms with Crippen molar-refractivity contribution < 1.29 is 8.42 Å². The van der Waals surface area contributed by atoms with Crippen molar-refractivity contribution in [2.75, 3.05) is 19.6 Å². The van der Waals surface area contributed by atoms with Gasteiger partial charge in [0.15, 0.2) is 0 Å². The summed E-state index contributed by atoms with van der Waals surface area (Å²) in [4.78, 5) is 1.30. The maximum atomic E-state index is 12.7. The van der Waals surface area contributed by atoms with Crippen LogP contribution in [0.5, 0.6) is 0 Å². The number of hydrogen-bond acceptors (Lipinski definition) is 4. The molecule has 7 heteroatoms. The first-order valence-electron chi connectivity index (χ1n) is 6.68. The number of rotatable bonds is 10. The number of thiophene rings is 1. The van der Waals surface area contributed by atoms with E-state index in [2.05, 4.69) is 41.3 Å². The smallest absolute Gasteiger partial charge is 0.245 e. The first-order valence-corrected chi connectivity index (χ1v) is 9.73. The van der Waals surface area contributed by atoms with Crippen molar-refractivity contribution in [1.29, 1.82) is 0 Å². The molecule has 0 fully saturated rings. The molecule has 21 heavy (non-hydrogen) atoms. The number of nitrogens with zero attached hydrogens (tertiary/aromatic N) is 1. The lowest BCUT2D eigenvalue weighted by Crippen LogP contribution is -2.31. The van der Waals surface area contributed by atoms with Gasteiger partial charge in [0, 0.05) is 24.5 Å². The minimum Gasteiger partial charge on any atom is -0.312 e. The SMILES string of the molecule is C=CCN(CC=C)S(=O)(=O)c1cc(CNCCC)sc1Br. The van der Waals surface area contributed by atoms with Crippen LogP contribution in [0.15, 0.2) is 40.1 Å². The molecular formula is C14H21BrN2O2S2. The van der Waals surface area contributed by atoms with Gasteiger partial charge in [-0.25, -0.2) is 8.42 Å². The second kappa shape index (κ2) is 8.85. The van der Waals surface area contributed by atoms with Crippen LogP contribution in [-0.4, -0.2) is 32.4 Å². The third-order valence-electron chi connectivity index (χ3n) is 2.72. The quantitative estimate of drug-likeness (QED) is 0.490. The molecule has 0 radical (unpaired) electrons. The molecule has 0 bridgehead atoms. The van der Waals surface area contributed by atoms with Crippen molar-refractivity contribution in [2.45, 2.75) is 24.8 Å². The Kier molecular flexibility index (Phi) is 7.83. The Bertz CT molecular complexity index is 572. The average Bonchev–Trinajstić information content (AvgIpc) is 2.81. The molecule has 1 rings (SSSR count). The van der Waals surface area contributed by atoms with Crippen LogP contribution in [0.2, 0.25) is 0 Å². The van der Waals surface area contributed by atoms with Gasteiger partial charge in [0.05, 0.1) is 3.79 Å². The molecule has 118 valence electrons. The minimum absolute atomic E-state index is 0.264. The molecule has 0 aliphatic rings. The Hall–Kier alpha value is -0.470. The van der Waals surface area contributed by atoms with Gasteiger partial charge in [0.1, 0.15) is 4.90 Å². The topological polar surface area (TPSA) is 49.4 Å². The van der Waals surface area contributed by atoms with Crippen LogP contribution in [-0.2, 0) is 16.6 Å². The molecule has 0 saturated carbocycles. The molecule has 1 aromatic heterocycles. The van der Waals surface area contributed by atoms with Gasteiger partial charge in [0.25, 0.3) is 0 Å². The highest BCUT2D eigenvalue weighted by molar-refractivity contribution is 9.11. The van der Waals surface area contributed by atoms with Crippen molar-refractivity contribution >= 4 is 37.3 Å². The average molecular weight is 393 g/mol. The van der Waals surface area contributed by atoms with Gasteiger partial charge in [-0.1, -0.05) is 19.1 Å². The summed E-state index contributed by atoms with van der Waals surface area (Å²) < 4.78 is 27.3. The standard InChI is InChI=1S/C14H21BrN2O2S2/c1-4-7-16-11-12-10-13(14(15)20-12)21(18,19)17(8-5-2)9-6-3/h5-6,10,16H,2-4,7-9,11H2,1H3. The molecule has 0 unspecified atom stereocenters. The van der Waals surface area contributed by atoms with Gasteiger partial charge < -0.3 is 5.32 Å². The van der Waals surface area contributed by atoms with Gasteiger partial charge in [-0.3, -0.25) is 0 Å². The second-order valence-electron chi connectivity index (χ2n) is 4.43. The summed E-state index contributed by atoms with van der Waals surface area (Å²) in [6.07, 6.45) is 4.19. The highest BCUT2D eigenvalue weighted by Crippen LogP contribution is 2.33. The summed E-state index contributed by atoms with van der Waals surface area (Å²) >= 11 is 4.81. The van der Waals surface area contributed by atoms with Crippen LogP contribution >= 0.6 is 27.3 Å². The number of nitrogens with one attached hydrogen (secondary N) is 1. The van der Waals surface area contributed by atoms with Crippen LogP contribution in [0, 0.1) is 0 Å². The molecule has 0 amide bonds. The van der Waals surface area contributed by atoms with E-state index in [4.69, 9.17) is 0 Å².